The molecule has 2 nitrogen and oxygen atoms in total. The molecule has 0 saturated heterocycles. The summed E-state index contributed by atoms with van der Waals surface area (Å²) in [6.07, 6.45) is 3.50. The molecule has 1 rings (SSSR count). The fourth-order valence-electron chi connectivity index (χ4n) is 0.506. The topological polar surface area (TPSA) is 17.8 Å². The van der Waals surface area contributed by atoms with Crippen LogP contribution in [0, 0.1) is 0 Å². The van der Waals surface area contributed by atoms with Crippen LogP contribution in [0.3, 0.4) is 0 Å². The zero-order valence-corrected chi connectivity index (χ0v) is 5.39. The van der Waals surface area contributed by atoms with Crippen molar-refractivity contribution in [3.05, 3.63) is 17.7 Å². The highest BCUT2D eigenvalue weighted by atomic mass is 35.5. The van der Waals surface area contributed by atoms with E-state index in [0.29, 0.717) is 5.15 Å². The van der Waals surface area contributed by atoms with Crippen LogP contribution in [-0.2, 0) is 6.54 Å². The summed E-state index contributed by atoms with van der Waals surface area (Å²) < 4.78 is 1.92. The largest absolute Gasteiger partial charge is 0.336 e. The Bertz CT molecular complexity index is 171. The van der Waals surface area contributed by atoms with Gasteiger partial charge in [-0.15, -0.1) is 0 Å². The van der Waals surface area contributed by atoms with E-state index in [1.165, 1.54) is 0 Å². The number of imidazole rings is 1. The highest BCUT2D eigenvalue weighted by Crippen LogP contribution is 2.01. The highest BCUT2D eigenvalue weighted by molar-refractivity contribution is 6.29. The molecule has 0 aromatic carbocycles. The molecule has 0 amide bonds. The van der Waals surface area contributed by atoms with Crippen molar-refractivity contribution >= 4 is 11.6 Å². The highest BCUT2D eigenvalue weighted by Gasteiger charge is 1.88. The normalized spacial score (nSPS) is 9.75. The van der Waals surface area contributed by atoms with Gasteiger partial charge < -0.3 is 4.57 Å². The zero-order valence-electron chi connectivity index (χ0n) is 4.63. The van der Waals surface area contributed by atoms with Gasteiger partial charge in [0, 0.05) is 12.7 Å². The van der Waals surface area contributed by atoms with Gasteiger partial charge in [-0.05, 0) is 6.92 Å². The maximum atomic E-state index is 5.51. The molecule has 8 heavy (non-hydrogen) atoms. The Morgan fingerprint density at radius 1 is 1.88 bits per heavy atom. The van der Waals surface area contributed by atoms with Crippen molar-refractivity contribution in [1.29, 1.82) is 0 Å². The Morgan fingerprint density at radius 2 is 2.62 bits per heavy atom. The number of halogens is 1. The summed E-state index contributed by atoms with van der Waals surface area (Å²) in [5, 5.41) is 0.562. The quantitative estimate of drug-likeness (QED) is 0.564. The molecular formula is C5H7ClN2. The minimum absolute atomic E-state index is 0.562. The van der Waals surface area contributed by atoms with Crippen molar-refractivity contribution in [2.75, 3.05) is 0 Å². The molecule has 0 aliphatic heterocycles. The molecule has 0 spiro atoms. The standard InChI is InChI=1S/C5H7ClN2/c1-2-8-3-5(6)7-4-8/h3-4H,2H2,1H3. The number of aromatic nitrogens is 2. The molecule has 1 heterocycles. The summed E-state index contributed by atoms with van der Waals surface area (Å²) in [6, 6.07) is 0. The second-order valence-corrected chi connectivity index (χ2v) is 1.91. The van der Waals surface area contributed by atoms with E-state index >= 15 is 0 Å². The summed E-state index contributed by atoms with van der Waals surface area (Å²) in [4.78, 5) is 3.82. The molecule has 3 heteroatoms. The summed E-state index contributed by atoms with van der Waals surface area (Å²) in [6.45, 7) is 2.97. The van der Waals surface area contributed by atoms with Crippen molar-refractivity contribution in [3.63, 3.8) is 0 Å². The van der Waals surface area contributed by atoms with Crippen LogP contribution in [0.5, 0.6) is 0 Å². The zero-order chi connectivity index (χ0) is 5.98. The molecule has 0 aliphatic carbocycles. The first-order valence-electron chi connectivity index (χ1n) is 2.50. The molecule has 0 fully saturated rings. The van der Waals surface area contributed by atoms with Crippen LogP contribution in [0.25, 0.3) is 0 Å². The van der Waals surface area contributed by atoms with Crippen LogP contribution in [0.1, 0.15) is 6.92 Å². The summed E-state index contributed by atoms with van der Waals surface area (Å²) >= 11 is 5.51. The Hall–Kier alpha value is -0.500. The van der Waals surface area contributed by atoms with E-state index in [1.807, 2.05) is 11.5 Å². The van der Waals surface area contributed by atoms with Gasteiger partial charge in [-0.25, -0.2) is 4.98 Å². The predicted molar refractivity (Wildman–Crippen MR) is 32.9 cm³/mol. The maximum absolute atomic E-state index is 5.51. The van der Waals surface area contributed by atoms with E-state index in [-0.39, 0.29) is 0 Å². The lowest BCUT2D eigenvalue weighted by atomic mass is 10.7. The first-order chi connectivity index (χ1) is 3.83. The van der Waals surface area contributed by atoms with Gasteiger partial charge in [-0.1, -0.05) is 11.6 Å². The monoisotopic (exact) mass is 130 g/mol. The molecule has 0 N–H and O–H groups in total. The van der Waals surface area contributed by atoms with E-state index in [2.05, 4.69) is 4.98 Å². The Kier molecular flexibility index (Phi) is 1.53. The average molecular weight is 131 g/mol. The minimum atomic E-state index is 0.562. The molecule has 0 aliphatic rings. The second-order valence-electron chi connectivity index (χ2n) is 1.53. The Balaban J connectivity index is 2.84. The molecule has 1 aromatic heterocycles. The van der Waals surface area contributed by atoms with Gasteiger partial charge in [0.1, 0.15) is 5.15 Å². The minimum Gasteiger partial charge on any atom is -0.336 e. The first kappa shape index (κ1) is 5.63. The third-order valence-corrected chi connectivity index (χ3v) is 1.16. The number of hydrogen-bond donors (Lipinski definition) is 0. The van der Waals surface area contributed by atoms with Crippen molar-refractivity contribution in [2.45, 2.75) is 13.5 Å². The maximum Gasteiger partial charge on any atom is 0.146 e. The van der Waals surface area contributed by atoms with E-state index in [9.17, 15) is 0 Å². The van der Waals surface area contributed by atoms with Crippen molar-refractivity contribution in [2.24, 2.45) is 0 Å². The number of aryl methyl sites for hydroxylation is 1. The van der Waals surface area contributed by atoms with Crippen molar-refractivity contribution < 1.29 is 0 Å². The van der Waals surface area contributed by atoms with Crippen LogP contribution < -0.4 is 0 Å². The van der Waals surface area contributed by atoms with Gasteiger partial charge in [0.2, 0.25) is 0 Å². The van der Waals surface area contributed by atoms with Gasteiger partial charge in [0.25, 0.3) is 0 Å². The Labute approximate surface area is 53.1 Å². The number of nitrogens with zero attached hydrogens (tertiary/aromatic N) is 2. The van der Waals surface area contributed by atoms with Gasteiger partial charge in [-0.3, -0.25) is 0 Å². The van der Waals surface area contributed by atoms with Gasteiger partial charge in [0.05, 0.1) is 6.33 Å². The molecule has 0 saturated carbocycles. The first-order valence-corrected chi connectivity index (χ1v) is 2.88. The SMILES string of the molecule is CCn1cnc(Cl)c1. The third-order valence-electron chi connectivity index (χ3n) is 0.967. The van der Waals surface area contributed by atoms with Crippen LogP contribution in [0.2, 0.25) is 5.15 Å². The van der Waals surface area contributed by atoms with Gasteiger partial charge in [0.15, 0.2) is 0 Å². The molecule has 0 bridgehead atoms. The molecule has 0 unspecified atom stereocenters. The lowest BCUT2D eigenvalue weighted by Crippen LogP contribution is -1.86. The van der Waals surface area contributed by atoms with E-state index in [4.69, 9.17) is 11.6 Å². The van der Waals surface area contributed by atoms with E-state index < -0.39 is 0 Å². The summed E-state index contributed by atoms with van der Waals surface area (Å²) in [5.74, 6) is 0. The lowest BCUT2D eigenvalue weighted by molar-refractivity contribution is 0.761. The van der Waals surface area contributed by atoms with Gasteiger partial charge >= 0.3 is 0 Å². The third kappa shape index (κ3) is 1.01. The molecule has 1 aromatic rings. The van der Waals surface area contributed by atoms with Crippen LogP contribution >= 0.6 is 11.6 Å². The number of hydrogen-bond acceptors (Lipinski definition) is 1. The van der Waals surface area contributed by atoms with E-state index in [0.717, 1.165) is 6.54 Å². The molecule has 0 radical (unpaired) electrons. The smallest absolute Gasteiger partial charge is 0.146 e. The Morgan fingerprint density at radius 3 is 2.88 bits per heavy atom. The van der Waals surface area contributed by atoms with Gasteiger partial charge in [-0.2, -0.15) is 0 Å². The summed E-state index contributed by atoms with van der Waals surface area (Å²) in [5.41, 5.74) is 0. The lowest BCUT2D eigenvalue weighted by Gasteiger charge is -1.88. The van der Waals surface area contributed by atoms with Crippen molar-refractivity contribution in [1.82, 2.24) is 9.55 Å². The van der Waals surface area contributed by atoms with Crippen molar-refractivity contribution in [3.8, 4) is 0 Å². The van der Waals surface area contributed by atoms with E-state index in [1.54, 1.807) is 12.5 Å². The van der Waals surface area contributed by atoms with Crippen LogP contribution in [0.15, 0.2) is 12.5 Å². The second kappa shape index (κ2) is 2.18. The number of rotatable bonds is 1. The predicted octanol–water partition coefficient (Wildman–Crippen LogP) is 1.56. The van der Waals surface area contributed by atoms with Crippen LogP contribution in [0.4, 0.5) is 0 Å². The summed E-state index contributed by atoms with van der Waals surface area (Å²) in [7, 11) is 0. The molecular weight excluding hydrogens is 124 g/mol. The average Bonchev–Trinajstić information content (AvgIpc) is 2.14. The fraction of sp³-hybridized carbons (Fsp3) is 0.400. The fourth-order valence-corrected chi connectivity index (χ4v) is 0.675. The van der Waals surface area contributed by atoms with Crippen LogP contribution in [-0.4, -0.2) is 9.55 Å². The molecule has 44 valence electrons. The molecule has 0 atom stereocenters.